The van der Waals surface area contributed by atoms with Crippen molar-refractivity contribution in [3.8, 4) is 0 Å². The van der Waals surface area contributed by atoms with Crippen LogP contribution in [0.4, 0.5) is 0 Å². The largest absolute Gasteiger partial charge is 0.392 e. The summed E-state index contributed by atoms with van der Waals surface area (Å²) in [7, 11) is 0. The molecule has 3 heteroatoms. The number of nitrogens with one attached hydrogen (secondary N) is 1. The molecule has 1 fully saturated rings. The summed E-state index contributed by atoms with van der Waals surface area (Å²) in [5, 5.41) is 13.0. The number of thiophene rings is 1. The normalized spacial score (nSPS) is 18.0. The summed E-state index contributed by atoms with van der Waals surface area (Å²) in [5.41, 5.74) is 0. The Hall–Kier alpha value is -0.380. The SMILES string of the molecule is CCc1ccc(CNCC(O)C2CC2)s1. The minimum Gasteiger partial charge on any atom is -0.392 e. The molecular weight excluding hydrogens is 206 g/mol. The molecule has 0 radical (unpaired) electrons. The zero-order valence-corrected chi connectivity index (χ0v) is 10.0. The van der Waals surface area contributed by atoms with E-state index >= 15 is 0 Å². The fourth-order valence-corrected chi connectivity index (χ4v) is 2.63. The molecule has 0 aliphatic heterocycles. The van der Waals surface area contributed by atoms with Crippen LogP contribution in [0.3, 0.4) is 0 Å². The molecule has 2 nitrogen and oxygen atoms in total. The van der Waals surface area contributed by atoms with Gasteiger partial charge in [0.2, 0.25) is 0 Å². The fraction of sp³-hybridized carbons (Fsp3) is 0.667. The maximum Gasteiger partial charge on any atom is 0.0692 e. The average molecular weight is 225 g/mol. The standard InChI is InChI=1S/C12H19NOS/c1-2-10-5-6-11(15-10)7-13-8-12(14)9-3-4-9/h5-6,9,12-14H,2-4,7-8H2,1H3. The van der Waals surface area contributed by atoms with Gasteiger partial charge in [-0.25, -0.2) is 0 Å². The minimum absolute atomic E-state index is 0.129. The first-order chi connectivity index (χ1) is 7.29. The van der Waals surface area contributed by atoms with E-state index in [0.29, 0.717) is 5.92 Å². The van der Waals surface area contributed by atoms with Crippen molar-refractivity contribution in [2.45, 2.75) is 38.8 Å². The van der Waals surface area contributed by atoms with Gasteiger partial charge < -0.3 is 10.4 Å². The van der Waals surface area contributed by atoms with E-state index in [1.165, 1.54) is 22.6 Å². The molecule has 1 aromatic heterocycles. The van der Waals surface area contributed by atoms with E-state index in [2.05, 4.69) is 24.4 Å². The minimum atomic E-state index is -0.129. The van der Waals surface area contributed by atoms with Gasteiger partial charge in [-0.2, -0.15) is 0 Å². The molecule has 2 rings (SSSR count). The van der Waals surface area contributed by atoms with E-state index in [1.54, 1.807) is 0 Å². The van der Waals surface area contributed by atoms with Gasteiger partial charge in [0.05, 0.1) is 6.10 Å². The topological polar surface area (TPSA) is 32.3 Å². The lowest BCUT2D eigenvalue weighted by Crippen LogP contribution is -2.27. The quantitative estimate of drug-likeness (QED) is 0.777. The number of aliphatic hydroxyl groups is 1. The van der Waals surface area contributed by atoms with E-state index < -0.39 is 0 Å². The second-order valence-corrected chi connectivity index (χ2v) is 5.51. The van der Waals surface area contributed by atoms with Crippen LogP contribution in [0.5, 0.6) is 0 Å². The molecule has 1 heterocycles. The Labute approximate surface area is 95.3 Å². The molecule has 0 spiro atoms. The van der Waals surface area contributed by atoms with E-state index in [-0.39, 0.29) is 6.10 Å². The average Bonchev–Trinajstić information content (AvgIpc) is 2.99. The van der Waals surface area contributed by atoms with Gasteiger partial charge in [-0.1, -0.05) is 6.92 Å². The lowest BCUT2D eigenvalue weighted by Gasteiger charge is -2.09. The molecular formula is C12H19NOS. The van der Waals surface area contributed by atoms with Gasteiger partial charge in [0, 0.05) is 22.8 Å². The predicted octanol–water partition coefficient (Wildman–Crippen LogP) is 2.17. The molecule has 1 aliphatic carbocycles. The highest BCUT2D eigenvalue weighted by Crippen LogP contribution is 2.32. The third kappa shape index (κ3) is 3.30. The van der Waals surface area contributed by atoms with E-state index in [0.717, 1.165) is 19.5 Å². The zero-order chi connectivity index (χ0) is 10.7. The zero-order valence-electron chi connectivity index (χ0n) is 9.20. The molecule has 1 atom stereocenters. The van der Waals surface area contributed by atoms with Crippen molar-refractivity contribution in [1.82, 2.24) is 5.32 Å². The maximum absolute atomic E-state index is 9.66. The Bertz CT molecular complexity index is 306. The highest BCUT2D eigenvalue weighted by Gasteiger charge is 2.28. The second-order valence-electron chi connectivity index (χ2n) is 4.26. The summed E-state index contributed by atoms with van der Waals surface area (Å²) in [5.74, 6) is 0.576. The van der Waals surface area contributed by atoms with Crippen molar-refractivity contribution >= 4 is 11.3 Å². The summed E-state index contributed by atoms with van der Waals surface area (Å²) >= 11 is 1.86. The second kappa shape index (κ2) is 5.10. The van der Waals surface area contributed by atoms with Gasteiger partial charge in [0.1, 0.15) is 0 Å². The summed E-state index contributed by atoms with van der Waals surface area (Å²) in [6.45, 7) is 3.82. The van der Waals surface area contributed by atoms with Gasteiger partial charge in [-0.3, -0.25) is 0 Å². The number of hydrogen-bond acceptors (Lipinski definition) is 3. The number of aliphatic hydroxyl groups excluding tert-OH is 1. The van der Waals surface area contributed by atoms with Crippen LogP contribution in [-0.4, -0.2) is 17.8 Å². The van der Waals surface area contributed by atoms with Crippen molar-refractivity contribution in [3.05, 3.63) is 21.9 Å². The third-order valence-electron chi connectivity index (χ3n) is 2.88. The van der Waals surface area contributed by atoms with Crippen molar-refractivity contribution < 1.29 is 5.11 Å². The fourth-order valence-electron chi connectivity index (χ4n) is 1.70. The Morgan fingerprint density at radius 3 is 2.80 bits per heavy atom. The van der Waals surface area contributed by atoms with Crippen LogP contribution in [0.25, 0.3) is 0 Å². The lowest BCUT2D eigenvalue weighted by atomic mass is 10.2. The molecule has 0 bridgehead atoms. The predicted molar refractivity (Wildman–Crippen MR) is 64.1 cm³/mol. The molecule has 2 N–H and O–H groups in total. The van der Waals surface area contributed by atoms with E-state index in [1.807, 2.05) is 11.3 Å². The molecule has 1 unspecified atom stereocenters. The molecule has 0 amide bonds. The lowest BCUT2D eigenvalue weighted by molar-refractivity contribution is 0.148. The van der Waals surface area contributed by atoms with Crippen molar-refractivity contribution in [1.29, 1.82) is 0 Å². The molecule has 1 aliphatic rings. The highest BCUT2D eigenvalue weighted by molar-refractivity contribution is 7.11. The Morgan fingerprint density at radius 1 is 1.47 bits per heavy atom. The number of hydrogen-bond donors (Lipinski definition) is 2. The smallest absolute Gasteiger partial charge is 0.0692 e. The van der Waals surface area contributed by atoms with E-state index in [4.69, 9.17) is 0 Å². The molecule has 0 aromatic carbocycles. The van der Waals surface area contributed by atoms with E-state index in [9.17, 15) is 5.11 Å². The van der Waals surface area contributed by atoms with Crippen LogP contribution in [0.1, 0.15) is 29.5 Å². The number of rotatable bonds is 6. The first-order valence-corrected chi connectivity index (χ1v) is 6.57. The van der Waals surface area contributed by atoms with Crippen molar-refractivity contribution in [2.75, 3.05) is 6.54 Å². The number of aryl methyl sites for hydroxylation is 1. The molecule has 1 aromatic rings. The van der Waals surface area contributed by atoms with Crippen molar-refractivity contribution in [3.63, 3.8) is 0 Å². The van der Waals surface area contributed by atoms with Gasteiger partial charge in [0.25, 0.3) is 0 Å². The Balaban J connectivity index is 1.68. The van der Waals surface area contributed by atoms with Gasteiger partial charge in [0.15, 0.2) is 0 Å². The van der Waals surface area contributed by atoms with Gasteiger partial charge in [-0.15, -0.1) is 11.3 Å². The summed E-state index contributed by atoms with van der Waals surface area (Å²) in [4.78, 5) is 2.81. The Kier molecular flexibility index (Phi) is 3.78. The van der Waals surface area contributed by atoms with Crippen LogP contribution in [0.15, 0.2) is 12.1 Å². The maximum atomic E-state index is 9.66. The first kappa shape index (κ1) is 11.1. The summed E-state index contributed by atoms with van der Waals surface area (Å²) in [6.07, 6.45) is 3.41. The molecule has 0 saturated heterocycles. The molecule has 15 heavy (non-hydrogen) atoms. The Morgan fingerprint density at radius 2 is 2.20 bits per heavy atom. The van der Waals surface area contributed by atoms with Crippen LogP contribution < -0.4 is 5.32 Å². The van der Waals surface area contributed by atoms with Crippen LogP contribution in [0.2, 0.25) is 0 Å². The summed E-state index contributed by atoms with van der Waals surface area (Å²) in [6, 6.07) is 4.37. The monoisotopic (exact) mass is 225 g/mol. The van der Waals surface area contributed by atoms with Crippen LogP contribution >= 0.6 is 11.3 Å². The highest BCUT2D eigenvalue weighted by atomic mass is 32.1. The third-order valence-corrected chi connectivity index (χ3v) is 4.11. The molecule has 1 saturated carbocycles. The van der Waals surface area contributed by atoms with Gasteiger partial charge >= 0.3 is 0 Å². The van der Waals surface area contributed by atoms with Gasteiger partial charge in [-0.05, 0) is 37.3 Å². The van der Waals surface area contributed by atoms with Crippen LogP contribution in [0, 0.1) is 5.92 Å². The van der Waals surface area contributed by atoms with Crippen molar-refractivity contribution in [2.24, 2.45) is 5.92 Å². The first-order valence-electron chi connectivity index (χ1n) is 5.76. The van der Waals surface area contributed by atoms with Crippen LogP contribution in [-0.2, 0) is 13.0 Å². The summed E-state index contributed by atoms with van der Waals surface area (Å²) < 4.78 is 0. The molecule has 84 valence electrons.